The van der Waals surface area contributed by atoms with Crippen molar-refractivity contribution in [2.45, 2.75) is 71.8 Å². The zero-order valence-electron chi connectivity index (χ0n) is 14.4. The molecule has 0 heterocycles. The van der Waals surface area contributed by atoms with Gasteiger partial charge in [0.2, 0.25) is 0 Å². The summed E-state index contributed by atoms with van der Waals surface area (Å²) in [6, 6.07) is 0. The Morgan fingerprint density at radius 3 is 2.00 bits per heavy atom. The van der Waals surface area contributed by atoms with Crippen molar-refractivity contribution >= 4 is 11.9 Å². The molecule has 22 heavy (non-hydrogen) atoms. The lowest BCUT2D eigenvalue weighted by molar-refractivity contribution is -0.143. The Balaban J connectivity index is 0. The second-order valence-corrected chi connectivity index (χ2v) is 4.89. The molecule has 0 fully saturated rings. The lowest BCUT2D eigenvalue weighted by atomic mass is 10.1. The first-order valence-electron chi connectivity index (χ1n) is 8.17. The fourth-order valence-electron chi connectivity index (χ4n) is 1.56. The van der Waals surface area contributed by atoms with Gasteiger partial charge in [0.15, 0.2) is 0 Å². The molecule has 4 heteroatoms. The van der Waals surface area contributed by atoms with Crippen molar-refractivity contribution in [2.75, 3.05) is 6.61 Å². The van der Waals surface area contributed by atoms with Crippen LogP contribution in [0.3, 0.4) is 0 Å². The Morgan fingerprint density at radius 1 is 0.955 bits per heavy atom. The molecule has 0 radical (unpaired) electrons. The van der Waals surface area contributed by atoms with Crippen LogP contribution in [-0.4, -0.2) is 24.6 Å². The SMILES string of the molecule is C=CC(=O)OC(CC)CCCCC.C=CC(=O)OCCCC. The topological polar surface area (TPSA) is 52.6 Å². The average Bonchev–Trinajstić information content (AvgIpc) is 2.54. The highest BCUT2D eigenvalue weighted by Crippen LogP contribution is 2.10. The normalized spacial score (nSPS) is 10.7. The summed E-state index contributed by atoms with van der Waals surface area (Å²) in [4.78, 5) is 21.2. The van der Waals surface area contributed by atoms with Gasteiger partial charge in [-0.1, -0.05) is 53.2 Å². The first-order chi connectivity index (χ1) is 10.5. The number of carbonyl (C=O) groups is 2. The number of hydrogen-bond donors (Lipinski definition) is 0. The molecule has 0 aromatic carbocycles. The van der Waals surface area contributed by atoms with Crippen LogP contribution in [0.5, 0.6) is 0 Å². The van der Waals surface area contributed by atoms with Gasteiger partial charge in [-0.3, -0.25) is 0 Å². The van der Waals surface area contributed by atoms with Gasteiger partial charge in [-0.05, 0) is 25.7 Å². The van der Waals surface area contributed by atoms with Crippen molar-refractivity contribution in [3.8, 4) is 0 Å². The number of carbonyl (C=O) groups excluding carboxylic acids is 2. The summed E-state index contributed by atoms with van der Waals surface area (Å²) >= 11 is 0. The van der Waals surface area contributed by atoms with Gasteiger partial charge in [0.1, 0.15) is 6.10 Å². The summed E-state index contributed by atoms with van der Waals surface area (Å²) in [6.07, 6.45) is 9.88. The third-order valence-corrected chi connectivity index (χ3v) is 2.94. The van der Waals surface area contributed by atoms with Gasteiger partial charge >= 0.3 is 11.9 Å². The van der Waals surface area contributed by atoms with Crippen LogP contribution in [0.4, 0.5) is 0 Å². The lowest BCUT2D eigenvalue weighted by Crippen LogP contribution is -2.15. The summed E-state index contributed by atoms with van der Waals surface area (Å²) in [5.74, 6) is -0.633. The van der Waals surface area contributed by atoms with E-state index in [0.717, 1.165) is 32.1 Å². The summed E-state index contributed by atoms with van der Waals surface area (Å²) in [5.41, 5.74) is 0. The van der Waals surface area contributed by atoms with E-state index in [4.69, 9.17) is 4.74 Å². The van der Waals surface area contributed by atoms with Crippen LogP contribution < -0.4 is 0 Å². The predicted molar refractivity (Wildman–Crippen MR) is 90.6 cm³/mol. The molecule has 0 bridgehead atoms. The van der Waals surface area contributed by atoms with E-state index >= 15 is 0 Å². The standard InChI is InChI=1S/C11H20O2.C7H12O2/c1-4-7-8-9-10(5-2)13-11(12)6-3;1-3-5-6-9-7(8)4-2/h6,10H,3-5,7-9H2,1-2H3;4H,2-3,5-6H2,1H3. The van der Waals surface area contributed by atoms with E-state index in [1.807, 2.05) is 13.8 Å². The van der Waals surface area contributed by atoms with Crippen LogP contribution in [0.25, 0.3) is 0 Å². The molecule has 128 valence electrons. The molecule has 0 aromatic rings. The molecule has 0 amide bonds. The highest BCUT2D eigenvalue weighted by molar-refractivity contribution is 5.81. The molecular formula is C18H32O4. The molecule has 0 aliphatic carbocycles. The van der Waals surface area contributed by atoms with Crippen LogP contribution in [-0.2, 0) is 19.1 Å². The highest BCUT2D eigenvalue weighted by Gasteiger charge is 2.08. The Hall–Kier alpha value is -1.58. The molecule has 1 atom stereocenters. The number of rotatable bonds is 11. The zero-order valence-corrected chi connectivity index (χ0v) is 14.4. The first-order valence-corrected chi connectivity index (χ1v) is 8.17. The van der Waals surface area contributed by atoms with Crippen molar-refractivity contribution in [2.24, 2.45) is 0 Å². The summed E-state index contributed by atoms with van der Waals surface area (Å²) < 4.78 is 9.81. The van der Waals surface area contributed by atoms with Gasteiger partial charge in [0.25, 0.3) is 0 Å². The van der Waals surface area contributed by atoms with Gasteiger partial charge < -0.3 is 9.47 Å². The van der Waals surface area contributed by atoms with Gasteiger partial charge in [-0.2, -0.15) is 0 Å². The zero-order chi connectivity index (χ0) is 17.2. The second kappa shape index (κ2) is 17.5. The van der Waals surface area contributed by atoms with Gasteiger partial charge in [-0.25, -0.2) is 9.59 Å². The predicted octanol–water partition coefficient (Wildman–Crippen LogP) is 4.59. The fraction of sp³-hybridized carbons (Fsp3) is 0.667. The van der Waals surface area contributed by atoms with Gasteiger partial charge in [-0.15, -0.1) is 0 Å². The maximum atomic E-state index is 10.9. The molecular weight excluding hydrogens is 280 g/mol. The molecule has 0 aromatic heterocycles. The van der Waals surface area contributed by atoms with E-state index in [1.165, 1.54) is 25.0 Å². The maximum absolute atomic E-state index is 10.9. The number of ether oxygens (including phenoxy) is 2. The van der Waals surface area contributed by atoms with E-state index in [-0.39, 0.29) is 18.0 Å². The number of esters is 2. The van der Waals surface area contributed by atoms with Crippen LogP contribution in [0.1, 0.15) is 65.7 Å². The summed E-state index contributed by atoms with van der Waals surface area (Å²) in [7, 11) is 0. The Kier molecular flexibility index (Phi) is 18.0. The van der Waals surface area contributed by atoms with Crippen molar-refractivity contribution in [1.82, 2.24) is 0 Å². The van der Waals surface area contributed by atoms with Crippen LogP contribution in [0, 0.1) is 0 Å². The molecule has 0 saturated heterocycles. The van der Waals surface area contributed by atoms with E-state index < -0.39 is 0 Å². The molecule has 0 N–H and O–H groups in total. The van der Waals surface area contributed by atoms with Gasteiger partial charge in [0, 0.05) is 12.2 Å². The van der Waals surface area contributed by atoms with E-state index in [1.54, 1.807) is 0 Å². The maximum Gasteiger partial charge on any atom is 0.330 e. The lowest BCUT2D eigenvalue weighted by Gasteiger charge is -2.14. The average molecular weight is 312 g/mol. The minimum Gasteiger partial charge on any atom is -0.463 e. The Labute approximate surface area is 135 Å². The highest BCUT2D eigenvalue weighted by atomic mass is 16.5. The van der Waals surface area contributed by atoms with Crippen molar-refractivity contribution in [3.63, 3.8) is 0 Å². The smallest absolute Gasteiger partial charge is 0.330 e. The quantitative estimate of drug-likeness (QED) is 0.318. The second-order valence-electron chi connectivity index (χ2n) is 4.89. The first kappa shape index (κ1) is 22.7. The van der Waals surface area contributed by atoms with Crippen molar-refractivity contribution in [3.05, 3.63) is 25.3 Å². The minimum absolute atomic E-state index is 0.0806. The number of hydrogen-bond acceptors (Lipinski definition) is 4. The van der Waals surface area contributed by atoms with Crippen LogP contribution in [0.2, 0.25) is 0 Å². The third kappa shape index (κ3) is 16.5. The molecule has 0 spiro atoms. The summed E-state index contributed by atoms with van der Waals surface area (Å²) in [5, 5.41) is 0. The van der Waals surface area contributed by atoms with Crippen LogP contribution in [0.15, 0.2) is 25.3 Å². The van der Waals surface area contributed by atoms with Crippen molar-refractivity contribution in [1.29, 1.82) is 0 Å². The van der Waals surface area contributed by atoms with Gasteiger partial charge in [0.05, 0.1) is 6.61 Å². The van der Waals surface area contributed by atoms with Crippen LogP contribution >= 0.6 is 0 Å². The van der Waals surface area contributed by atoms with E-state index in [2.05, 4.69) is 24.8 Å². The molecule has 4 nitrogen and oxygen atoms in total. The summed E-state index contributed by atoms with van der Waals surface area (Å²) in [6.45, 7) is 13.4. The Bertz CT molecular complexity index is 310. The molecule has 0 rings (SSSR count). The fourth-order valence-corrected chi connectivity index (χ4v) is 1.56. The third-order valence-electron chi connectivity index (χ3n) is 2.94. The number of unbranched alkanes of at least 4 members (excludes halogenated alkanes) is 3. The largest absolute Gasteiger partial charge is 0.463 e. The van der Waals surface area contributed by atoms with E-state index in [0.29, 0.717) is 6.61 Å². The van der Waals surface area contributed by atoms with Crippen molar-refractivity contribution < 1.29 is 19.1 Å². The molecule has 1 unspecified atom stereocenters. The molecule has 0 aliphatic rings. The monoisotopic (exact) mass is 312 g/mol. The minimum atomic E-state index is -0.330. The molecule has 0 saturated carbocycles. The Morgan fingerprint density at radius 2 is 1.55 bits per heavy atom. The van der Waals surface area contributed by atoms with E-state index in [9.17, 15) is 9.59 Å². The molecule has 0 aliphatic heterocycles.